The van der Waals surface area contributed by atoms with Crippen LogP contribution in [0, 0.1) is 5.92 Å². The zero-order valence-corrected chi connectivity index (χ0v) is 16.5. The summed E-state index contributed by atoms with van der Waals surface area (Å²) in [6, 6.07) is 9.05. The van der Waals surface area contributed by atoms with Gasteiger partial charge in [-0.15, -0.1) is 0 Å². The molecule has 2 aromatic rings. The molecule has 2 aliphatic rings. The van der Waals surface area contributed by atoms with Crippen LogP contribution in [0.4, 0.5) is 5.69 Å². The number of carbonyl (C=O) groups excluding carboxylic acids is 2. The molecule has 8 heteroatoms. The van der Waals surface area contributed by atoms with Gasteiger partial charge >= 0.3 is 0 Å². The van der Waals surface area contributed by atoms with Crippen molar-refractivity contribution in [1.82, 2.24) is 14.5 Å². The molecule has 2 aliphatic heterocycles. The van der Waals surface area contributed by atoms with Crippen LogP contribution in [0.1, 0.15) is 17.3 Å². The molecule has 146 valence electrons. The molecule has 1 amide bonds. The molecule has 0 spiro atoms. The Bertz CT molecular complexity index is 949. The quantitative estimate of drug-likeness (QED) is 0.576. The third kappa shape index (κ3) is 3.69. The summed E-state index contributed by atoms with van der Waals surface area (Å²) in [6.45, 7) is 4.78. The average molecular weight is 398 g/mol. The van der Waals surface area contributed by atoms with Gasteiger partial charge in [-0.3, -0.25) is 19.0 Å². The van der Waals surface area contributed by atoms with Crippen molar-refractivity contribution < 1.29 is 9.59 Å². The van der Waals surface area contributed by atoms with E-state index in [0.717, 1.165) is 18.8 Å². The number of benzene rings is 1. The van der Waals surface area contributed by atoms with Gasteiger partial charge in [0.25, 0.3) is 5.56 Å². The number of fused-ring (bicyclic) bond motifs is 1. The fourth-order valence-corrected chi connectivity index (χ4v) is 4.70. The van der Waals surface area contributed by atoms with Crippen molar-refractivity contribution in [1.29, 1.82) is 0 Å². The van der Waals surface area contributed by atoms with Gasteiger partial charge in [0.2, 0.25) is 5.91 Å². The van der Waals surface area contributed by atoms with E-state index in [1.807, 2.05) is 29.2 Å². The van der Waals surface area contributed by atoms with E-state index in [1.165, 1.54) is 24.0 Å². The van der Waals surface area contributed by atoms with Crippen LogP contribution in [0.15, 0.2) is 46.5 Å². The SMILES string of the molecule is CC(=O)c1ccc(N2CCN(C(=O)C3CSc4nccc(=O)n4C3)CC2)cc1. The number of thioether (sulfide) groups is 1. The van der Waals surface area contributed by atoms with Crippen LogP contribution in [0.5, 0.6) is 0 Å². The molecule has 7 nitrogen and oxygen atoms in total. The van der Waals surface area contributed by atoms with E-state index in [9.17, 15) is 14.4 Å². The molecule has 1 atom stereocenters. The maximum Gasteiger partial charge on any atom is 0.254 e. The van der Waals surface area contributed by atoms with Gasteiger partial charge in [-0.05, 0) is 31.2 Å². The molecule has 1 aromatic heterocycles. The summed E-state index contributed by atoms with van der Waals surface area (Å²) in [6.07, 6.45) is 1.52. The molecule has 0 bridgehead atoms. The molecule has 28 heavy (non-hydrogen) atoms. The smallest absolute Gasteiger partial charge is 0.254 e. The number of anilines is 1. The van der Waals surface area contributed by atoms with Gasteiger partial charge in [0.1, 0.15) is 0 Å². The fraction of sp³-hybridized carbons (Fsp3) is 0.400. The van der Waals surface area contributed by atoms with Crippen molar-refractivity contribution in [2.24, 2.45) is 5.92 Å². The molecule has 1 unspecified atom stereocenters. The first kappa shape index (κ1) is 18.7. The first-order valence-electron chi connectivity index (χ1n) is 9.36. The van der Waals surface area contributed by atoms with Crippen LogP contribution in [-0.4, -0.2) is 58.1 Å². The highest BCUT2D eigenvalue weighted by molar-refractivity contribution is 7.99. The zero-order chi connectivity index (χ0) is 19.7. The maximum atomic E-state index is 13.0. The van der Waals surface area contributed by atoms with Crippen molar-refractivity contribution in [2.75, 3.05) is 36.8 Å². The summed E-state index contributed by atoms with van der Waals surface area (Å²) in [4.78, 5) is 44.8. The third-order valence-electron chi connectivity index (χ3n) is 5.30. The number of hydrogen-bond acceptors (Lipinski definition) is 6. The van der Waals surface area contributed by atoms with Crippen molar-refractivity contribution in [3.8, 4) is 0 Å². The number of piperazine rings is 1. The van der Waals surface area contributed by atoms with E-state index in [1.54, 1.807) is 11.5 Å². The molecule has 0 N–H and O–H groups in total. The van der Waals surface area contributed by atoms with E-state index < -0.39 is 0 Å². The Morgan fingerprint density at radius 2 is 1.79 bits per heavy atom. The summed E-state index contributed by atoms with van der Waals surface area (Å²) in [7, 11) is 0. The first-order chi connectivity index (χ1) is 13.5. The number of carbonyl (C=O) groups is 2. The second-order valence-corrected chi connectivity index (χ2v) is 8.09. The Balaban J connectivity index is 1.37. The van der Waals surface area contributed by atoms with Gasteiger partial charge in [-0.25, -0.2) is 4.98 Å². The summed E-state index contributed by atoms with van der Waals surface area (Å²) < 4.78 is 1.60. The van der Waals surface area contributed by atoms with Crippen LogP contribution in [0.25, 0.3) is 0 Å². The minimum Gasteiger partial charge on any atom is -0.368 e. The number of amides is 1. The second-order valence-electron chi connectivity index (χ2n) is 7.10. The van der Waals surface area contributed by atoms with Crippen LogP contribution in [-0.2, 0) is 11.3 Å². The number of rotatable bonds is 3. The fourth-order valence-electron chi connectivity index (χ4n) is 3.65. The molecule has 1 saturated heterocycles. The van der Waals surface area contributed by atoms with Crippen molar-refractivity contribution in [3.63, 3.8) is 0 Å². The lowest BCUT2D eigenvalue weighted by Crippen LogP contribution is -2.52. The number of nitrogens with zero attached hydrogens (tertiary/aromatic N) is 4. The Kier molecular flexibility index (Phi) is 5.21. The molecule has 0 aliphatic carbocycles. The molecule has 3 heterocycles. The number of ketones is 1. The standard InChI is InChI=1S/C20H22N4O3S/c1-14(25)15-2-4-17(5-3-15)22-8-10-23(11-9-22)19(27)16-12-24-18(26)6-7-21-20(24)28-13-16/h2-7,16H,8-13H2,1H3. The van der Waals surface area contributed by atoms with Crippen LogP contribution < -0.4 is 10.5 Å². The average Bonchev–Trinajstić information content (AvgIpc) is 2.73. The Morgan fingerprint density at radius 3 is 2.46 bits per heavy atom. The topological polar surface area (TPSA) is 75.5 Å². The lowest BCUT2D eigenvalue weighted by Gasteiger charge is -2.38. The van der Waals surface area contributed by atoms with Crippen molar-refractivity contribution in [2.45, 2.75) is 18.6 Å². The summed E-state index contributed by atoms with van der Waals surface area (Å²) >= 11 is 1.47. The Morgan fingerprint density at radius 1 is 1.07 bits per heavy atom. The van der Waals surface area contributed by atoms with Gasteiger partial charge in [0, 0.05) is 62.0 Å². The minimum atomic E-state index is -0.194. The maximum absolute atomic E-state index is 13.0. The van der Waals surface area contributed by atoms with E-state index in [2.05, 4.69) is 9.88 Å². The van der Waals surface area contributed by atoms with Crippen LogP contribution in [0.3, 0.4) is 0 Å². The minimum absolute atomic E-state index is 0.0585. The summed E-state index contributed by atoms with van der Waals surface area (Å²) in [5.41, 5.74) is 1.67. The highest BCUT2D eigenvalue weighted by Gasteiger charge is 2.31. The van der Waals surface area contributed by atoms with E-state index in [4.69, 9.17) is 0 Å². The molecule has 0 saturated carbocycles. The number of Topliss-reactive ketones (excluding diaryl/α,β-unsaturated/α-hetero) is 1. The second kappa shape index (κ2) is 7.79. The zero-order valence-electron chi connectivity index (χ0n) is 15.7. The van der Waals surface area contributed by atoms with Crippen LogP contribution >= 0.6 is 11.8 Å². The normalized spacial score (nSPS) is 19.2. The molecule has 1 aromatic carbocycles. The van der Waals surface area contributed by atoms with E-state index in [-0.39, 0.29) is 23.2 Å². The highest BCUT2D eigenvalue weighted by Crippen LogP contribution is 2.26. The van der Waals surface area contributed by atoms with Gasteiger partial charge in [0.05, 0.1) is 5.92 Å². The lowest BCUT2D eigenvalue weighted by atomic mass is 10.1. The third-order valence-corrected chi connectivity index (χ3v) is 6.45. The van der Waals surface area contributed by atoms with Crippen LogP contribution in [0.2, 0.25) is 0 Å². The molecule has 1 fully saturated rings. The number of hydrogen-bond donors (Lipinski definition) is 0. The lowest BCUT2D eigenvalue weighted by molar-refractivity contribution is -0.135. The Hall–Kier alpha value is -2.61. The molecular formula is C20H22N4O3S. The number of aromatic nitrogens is 2. The summed E-state index contributed by atoms with van der Waals surface area (Å²) in [5.74, 6) is 0.631. The predicted octanol–water partition coefficient (Wildman–Crippen LogP) is 1.52. The van der Waals surface area contributed by atoms with Crippen molar-refractivity contribution >= 4 is 29.1 Å². The Labute approximate surface area is 167 Å². The first-order valence-corrected chi connectivity index (χ1v) is 10.3. The van der Waals surface area contributed by atoms with E-state index >= 15 is 0 Å². The highest BCUT2D eigenvalue weighted by atomic mass is 32.2. The molecule has 0 radical (unpaired) electrons. The molecular weight excluding hydrogens is 376 g/mol. The van der Waals surface area contributed by atoms with Gasteiger partial charge in [0.15, 0.2) is 10.9 Å². The summed E-state index contributed by atoms with van der Waals surface area (Å²) in [5, 5.41) is 0.690. The largest absolute Gasteiger partial charge is 0.368 e. The predicted molar refractivity (Wildman–Crippen MR) is 108 cm³/mol. The van der Waals surface area contributed by atoms with E-state index in [0.29, 0.717) is 36.1 Å². The van der Waals surface area contributed by atoms with Gasteiger partial charge in [-0.1, -0.05) is 11.8 Å². The molecule has 4 rings (SSSR count). The van der Waals surface area contributed by atoms with Crippen molar-refractivity contribution in [3.05, 3.63) is 52.4 Å². The monoisotopic (exact) mass is 398 g/mol. The van der Waals surface area contributed by atoms with Gasteiger partial charge < -0.3 is 9.80 Å². The van der Waals surface area contributed by atoms with Gasteiger partial charge in [-0.2, -0.15) is 0 Å².